The van der Waals surface area contributed by atoms with Crippen molar-refractivity contribution in [1.82, 2.24) is 10.6 Å². The second-order valence-corrected chi connectivity index (χ2v) is 4.76. The molecule has 0 atom stereocenters. The van der Waals surface area contributed by atoms with Crippen molar-refractivity contribution in [3.63, 3.8) is 0 Å². The van der Waals surface area contributed by atoms with Crippen LogP contribution in [0, 0.1) is 0 Å². The molecular weight excluding hydrogens is 282 g/mol. The molecule has 22 heavy (non-hydrogen) atoms. The molecular formula is C16H12N3O3. The molecule has 0 spiro atoms. The zero-order valence-electron chi connectivity index (χ0n) is 11.7. The molecule has 6 heteroatoms. The van der Waals surface area contributed by atoms with Gasteiger partial charge in [-0.05, 0) is 11.5 Å². The van der Waals surface area contributed by atoms with E-state index in [1.54, 1.807) is 12.1 Å². The lowest BCUT2D eigenvalue weighted by molar-refractivity contribution is -0.120. The first-order chi connectivity index (χ1) is 10.6. The lowest BCUT2D eigenvalue weighted by Crippen LogP contribution is -2.45. The maximum atomic E-state index is 12.1. The number of carbonyl (C=O) groups is 3. The molecule has 109 valence electrons. The molecule has 2 aromatic carbocycles. The monoisotopic (exact) mass is 294 g/mol. The van der Waals surface area contributed by atoms with E-state index in [9.17, 15) is 14.4 Å². The van der Waals surface area contributed by atoms with E-state index in [1.165, 1.54) is 11.8 Å². The van der Waals surface area contributed by atoms with Crippen molar-refractivity contribution in [3.8, 4) is 0 Å². The summed E-state index contributed by atoms with van der Waals surface area (Å²) in [5.41, 5.74) is 0.583. The second kappa shape index (κ2) is 5.33. The van der Waals surface area contributed by atoms with Crippen LogP contribution >= 0.6 is 0 Å². The number of imide groups is 1. The first-order valence-corrected chi connectivity index (χ1v) is 6.63. The number of hydrogen-bond acceptors (Lipinski definition) is 3. The third-order valence-electron chi connectivity index (χ3n) is 3.32. The SMILES string of the molecule is CC(=O)N(C1=C[N]C(=O)NC1=O)c1cccc2ccccc12. The van der Waals surface area contributed by atoms with Gasteiger partial charge in [-0.15, -0.1) is 0 Å². The summed E-state index contributed by atoms with van der Waals surface area (Å²) in [5.74, 6) is -0.995. The van der Waals surface area contributed by atoms with Crippen LogP contribution in [0.5, 0.6) is 0 Å². The number of carbonyl (C=O) groups excluding carboxylic acids is 3. The number of rotatable bonds is 2. The van der Waals surface area contributed by atoms with Gasteiger partial charge in [0.05, 0.1) is 11.9 Å². The molecule has 0 aromatic heterocycles. The average Bonchev–Trinajstić information content (AvgIpc) is 2.49. The number of urea groups is 1. The molecule has 1 N–H and O–H groups in total. The van der Waals surface area contributed by atoms with Crippen LogP contribution in [0.2, 0.25) is 0 Å². The van der Waals surface area contributed by atoms with Gasteiger partial charge in [0.25, 0.3) is 5.91 Å². The highest BCUT2D eigenvalue weighted by molar-refractivity contribution is 6.16. The molecule has 1 aliphatic heterocycles. The van der Waals surface area contributed by atoms with Crippen molar-refractivity contribution in [1.29, 1.82) is 0 Å². The van der Waals surface area contributed by atoms with Gasteiger partial charge in [-0.1, -0.05) is 36.4 Å². The van der Waals surface area contributed by atoms with Crippen molar-refractivity contribution >= 4 is 34.3 Å². The Balaban J connectivity index is 2.18. The van der Waals surface area contributed by atoms with Gasteiger partial charge >= 0.3 is 6.03 Å². The fraction of sp³-hybridized carbons (Fsp3) is 0.0625. The zero-order valence-corrected chi connectivity index (χ0v) is 11.7. The summed E-state index contributed by atoms with van der Waals surface area (Å²) < 4.78 is 0. The average molecular weight is 294 g/mol. The molecule has 0 saturated heterocycles. The van der Waals surface area contributed by atoms with Crippen molar-refractivity contribution in [2.75, 3.05) is 4.90 Å². The summed E-state index contributed by atoms with van der Waals surface area (Å²) in [6.07, 6.45) is 1.12. The van der Waals surface area contributed by atoms with E-state index in [0.29, 0.717) is 5.69 Å². The first-order valence-electron chi connectivity index (χ1n) is 6.63. The molecule has 3 rings (SSSR count). The Kier molecular flexibility index (Phi) is 3.34. The number of fused-ring (bicyclic) bond motifs is 1. The minimum Gasteiger partial charge on any atom is -0.274 e. The summed E-state index contributed by atoms with van der Waals surface area (Å²) in [6, 6.07) is 12.3. The standard InChI is InChI=1S/C16H12N3O3/c1-10(20)19(14-9-17-16(22)18-15(14)21)13-8-4-6-11-5-2-3-7-12(11)13/h2-9H,1H3,(H,18,21,22). The Hall–Kier alpha value is -3.15. The Morgan fingerprint density at radius 1 is 1.09 bits per heavy atom. The van der Waals surface area contributed by atoms with Crippen LogP contribution in [-0.4, -0.2) is 17.8 Å². The molecule has 0 unspecified atom stereocenters. The third-order valence-corrected chi connectivity index (χ3v) is 3.32. The van der Waals surface area contributed by atoms with Gasteiger partial charge in [0, 0.05) is 12.3 Å². The van der Waals surface area contributed by atoms with Gasteiger partial charge < -0.3 is 0 Å². The van der Waals surface area contributed by atoms with E-state index in [4.69, 9.17) is 0 Å². The lowest BCUT2D eigenvalue weighted by atomic mass is 10.1. The number of anilines is 1. The van der Waals surface area contributed by atoms with Crippen LogP contribution in [0.15, 0.2) is 54.4 Å². The normalized spacial score (nSPS) is 14.1. The summed E-state index contributed by atoms with van der Waals surface area (Å²) >= 11 is 0. The highest BCUT2D eigenvalue weighted by atomic mass is 16.2. The summed E-state index contributed by atoms with van der Waals surface area (Å²) in [7, 11) is 0. The van der Waals surface area contributed by atoms with E-state index in [2.05, 4.69) is 10.6 Å². The Bertz CT molecular complexity index is 821. The van der Waals surface area contributed by atoms with Crippen molar-refractivity contribution in [2.24, 2.45) is 0 Å². The largest absolute Gasteiger partial charge is 0.347 e. The lowest BCUT2D eigenvalue weighted by Gasteiger charge is -2.26. The molecule has 2 aromatic rings. The minimum absolute atomic E-state index is 0.0171. The maximum absolute atomic E-state index is 12.1. The number of nitrogens with one attached hydrogen (secondary N) is 1. The van der Waals surface area contributed by atoms with Gasteiger partial charge in [-0.25, -0.2) is 4.79 Å². The highest BCUT2D eigenvalue weighted by Gasteiger charge is 2.28. The molecule has 4 amide bonds. The van der Waals surface area contributed by atoms with Gasteiger partial charge in [-0.2, -0.15) is 5.32 Å². The number of benzene rings is 2. The van der Waals surface area contributed by atoms with Crippen molar-refractivity contribution < 1.29 is 14.4 Å². The van der Waals surface area contributed by atoms with Crippen LogP contribution in [-0.2, 0) is 9.59 Å². The van der Waals surface area contributed by atoms with Gasteiger partial charge in [0.2, 0.25) is 5.91 Å². The molecule has 0 saturated carbocycles. The van der Waals surface area contributed by atoms with E-state index < -0.39 is 11.9 Å². The van der Waals surface area contributed by atoms with Crippen molar-refractivity contribution in [2.45, 2.75) is 6.92 Å². The molecule has 1 heterocycles. The fourth-order valence-electron chi connectivity index (χ4n) is 2.40. The van der Waals surface area contributed by atoms with Crippen LogP contribution in [0.3, 0.4) is 0 Å². The van der Waals surface area contributed by atoms with Crippen LogP contribution in [0.25, 0.3) is 10.8 Å². The summed E-state index contributed by atoms with van der Waals surface area (Å²) in [5, 5.41) is 7.39. The van der Waals surface area contributed by atoms with E-state index in [1.807, 2.05) is 30.3 Å². The molecule has 1 aliphatic rings. The molecule has 6 nitrogen and oxygen atoms in total. The van der Waals surface area contributed by atoms with Crippen LogP contribution in [0.4, 0.5) is 10.5 Å². The third kappa shape index (κ3) is 2.31. The topological polar surface area (TPSA) is 80.6 Å². The molecule has 0 fully saturated rings. The quantitative estimate of drug-likeness (QED) is 0.918. The number of amides is 4. The molecule has 0 aliphatic carbocycles. The Morgan fingerprint density at radius 2 is 1.82 bits per heavy atom. The fourth-order valence-corrected chi connectivity index (χ4v) is 2.40. The Morgan fingerprint density at radius 3 is 2.55 bits per heavy atom. The zero-order chi connectivity index (χ0) is 15.7. The smallest absolute Gasteiger partial charge is 0.274 e. The predicted octanol–water partition coefficient (Wildman–Crippen LogP) is 1.89. The van der Waals surface area contributed by atoms with Gasteiger partial charge in [0.1, 0.15) is 5.70 Å². The second-order valence-electron chi connectivity index (χ2n) is 4.76. The van der Waals surface area contributed by atoms with E-state index in [-0.39, 0.29) is 11.6 Å². The van der Waals surface area contributed by atoms with Crippen molar-refractivity contribution in [3.05, 3.63) is 54.4 Å². The van der Waals surface area contributed by atoms with Gasteiger partial charge in [-0.3, -0.25) is 19.8 Å². The minimum atomic E-state index is -0.741. The van der Waals surface area contributed by atoms with E-state index in [0.717, 1.165) is 17.0 Å². The van der Waals surface area contributed by atoms with Crippen LogP contribution in [0.1, 0.15) is 6.92 Å². The van der Waals surface area contributed by atoms with Crippen LogP contribution < -0.4 is 15.5 Å². The molecule has 0 bridgehead atoms. The Labute approximate surface area is 126 Å². The van der Waals surface area contributed by atoms with E-state index >= 15 is 0 Å². The molecule has 1 radical (unpaired) electrons. The highest BCUT2D eigenvalue weighted by Crippen LogP contribution is 2.29. The summed E-state index contributed by atoms with van der Waals surface area (Å²) in [6.45, 7) is 1.35. The summed E-state index contributed by atoms with van der Waals surface area (Å²) in [4.78, 5) is 36.5. The number of hydrogen-bond donors (Lipinski definition) is 1. The number of nitrogens with zero attached hydrogens (tertiary/aromatic N) is 2. The first kappa shape index (κ1) is 13.8. The predicted molar refractivity (Wildman–Crippen MR) is 80.9 cm³/mol. The maximum Gasteiger partial charge on any atom is 0.347 e. The van der Waals surface area contributed by atoms with Gasteiger partial charge in [0.15, 0.2) is 0 Å².